The van der Waals surface area contributed by atoms with Crippen molar-refractivity contribution in [1.29, 1.82) is 0 Å². The fourth-order valence-electron chi connectivity index (χ4n) is 2.96. The van der Waals surface area contributed by atoms with Gasteiger partial charge in [0.15, 0.2) is 0 Å². The van der Waals surface area contributed by atoms with E-state index in [0.29, 0.717) is 17.9 Å². The number of para-hydroxylation sites is 1. The van der Waals surface area contributed by atoms with Crippen LogP contribution in [0.5, 0.6) is 0 Å². The average Bonchev–Trinajstić information content (AvgIpc) is 2.66. The molecule has 0 spiro atoms. The first-order valence-electron chi connectivity index (χ1n) is 8.84. The van der Waals surface area contributed by atoms with Crippen LogP contribution in [0.4, 0.5) is 5.69 Å². The van der Waals surface area contributed by atoms with E-state index in [-0.39, 0.29) is 68.5 Å². The maximum Gasteiger partial charge on any atom is 0.340 e. The molecule has 170 valence electrons. The van der Waals surface area contributed by atoms with Gasteiger partial charge in [-0.15, -0.1) is 34.0 Å². The molecule has 0 amide bonds. The molecule has 0 aliphatic rings. The third-order valence-corrected chi connectivity index (χ3v) is 4.29. The number of nitro benzene ring substituents is 1. The first-order chi connectivity index (χ1) is 13.7. The largest absolute Gasteiger partial charge is 0.465 e. The van der Waals surface area contributed by atoms with Crippen LogP contribution in [0, 0.1) is 24.0 Å². The van der Waals surface area contributed by atoms with Gasteiger partial charge in [-0.3, -0.25) is 15.1 Å². The molecule has 0 radical (unpaired) electrons. The Morgan fingerprint density at radius 3 is 2.13 bits per heavy atom. The number of carbonyl (C=O) groups is 2. The van der Waals surface area contributed by atoms with E-state index in [1.165, 1.54) is 25.3 Å². The van der Waals surface area contributed by atoms with Gasteiger partial charge in [-0.2, -0.15) is 0 Å². The summed E-state index contributed by atoms with van der Waals surface area (Å²) in [5, 5.41) is 11.6. The van der Waals surface area contributed by atoms with Gasteiger partial charge in [-0.05, 0) is 34.0 Å². The molecule has 1 heterocycles. The lowest BCUT2D eigenvalue weighted by molar-refractivity contribution is -0.384. The van der Waals surface area contributed by atoms with Crippen LogP contribution >= 0.6 is 34.0 Å². The van der Waals surface area contributed by atoms with E-state index in [2.05, 4.69) is 4.98 Å². The first kappa shape index (κ1) is 28.6. The van der Waals surface area contributed by atoms with Crippen LogP contribution in [-0.4, -0.2) is 61.1 Å². The van der Waals surface area contributed by atoms with Crippen molar-refractivity contribution < 1.29 is 24.0 Å². The van der Waals surface area contributed by atoms with Gasteiger partial charge in [-0.25, -0.2) is 9.59 Å². The highest BCUT2D eigenvalue weighted by atomic mass is 79.9. The molecule has 9 nitrogen and oxygen atoms in total. The Labute approximate surface area is 201 Å². The molecular formula is C20H25Br2N3O6. The summed E-state index contributed by atoms with van der Waals surface area (Å²) in [6.07, 6.45) is 0. The first-order valence-corrected chi connectivity index (χ1v) is 8.84. The molecule has 0 saturated carbocycles. The minimum atomic E-state index is -0.745. The lowest BCUT2D eigenvalue weighted by Crippen LogP contribution is -2.22. The maximum atomic E-state index is 12.9. The number of esters is 2. The monoisotopic (exact) mass is 561 g/mol. The lowest BCUT2D eigenvalue weighted by atomic mass is 9.91. The second kappa shape index (κ2) is 12.5. The van der Waals surface area contributed by atoms with E-state index in [0.717, 1.165) is 0 Å². The molecule has 0 saturated heterocycles. The summed E-state index contributed by atoms with van der Waals surface area (Å²) in [6, 6.07) is 5.89. The van der Waals surface area contributed by atoms with Crippen molar-refractivity contribution in [3.8, 4) is 11.1 Å². The number of rotatable bonds is 7. The molecule has 0 atom stereocenters. The number of likely N-dealkylation sites (N-methyl/N-ethyl adjacent to an activating group) is 1. The number of aryl methyl sites for hydroxylation is 2. The molecule has 1 aromatic heterocycles. The third kappa shape index (κ3) is 6.55. The lowest BCUT2D eigenvalue weighted by Gasteiger charge is -2.18. The van der Waals surface area contributed by atoms with Crippen molar-refractivity contribution in [2.45, 2.75) is 13.8 Å². The van der Waals surface area contributed by atoms with E-state index in [4.69, 9.17) is 9.47 Å². The number of hydrogen-bond acceptors (Lipinski definition) is 8. The predicted molar refractivity (Wildman–Crippen MR) is 127 cm³/mol. The van der Waals surface area contributed by atoms with Gasteiger partial charge in [0, 0.05) is 18.2 Å². The number of hydrogen-bond donors (Lipinski definition) is 0. The molecule has 11 heteroatoms. The van der Waals surface area contributed by atoms with Crippen LogP contribution in [0.15, 0.2) is 24.3 Å². The topological polar surface area (TPSA) is 112 Å². The average molecular weight is 563 g/mol. The van der Waals surface area contributed by atoms with Gasteiger partial charge < -0.3 is 14.4 Å². The number of nitro groups is 1. The third-order valence-electron chi connectivity index (χ3n) is 4.29. The van der Waals surface area contributed by atoms with Crippen LogP contribution in [-0.2, 0) is 9.47 Å². The van der Waals surface area contributed by atoms with Crippen molar-refractivity contribution in [3.05, 3.63) is 56.9 Å². The minimum Gasteiger partial charge on any atom is -0.465 e. The van der Waals surface area contributed by atoms with E-state index in [1.54, 1.807) is 19.9 Å². The molecule has 31 heavy (non-hydrogen) atoms. The number of benzene rings is 1. The zero-order valence-corrected chi connectivity index (χ0v) is 21.3. The highest BCUT2D eigenvalue weighted by molar-refractivity contribution is 8.93. The Balaban J connectivity index is 0.00000450. The molecule has 0 aliphatic carbocycles. The Morgan fingerprint density at radius 2 is 1.61 bits per heavy atom. The normalized spacial score (nSPS) is 10.0. The van der Waals surface area contributed by atoms with Crippen LogP contribution in [0.25, 0.3) is 11.1 Å². The van der Waals surface area contributed by atoms with Gasteiger partial charge in [0.05, 0.1) is 40.1 Å². The smallest absolute Gasteiger partial charge is 0.340 e. The van der Waals surface area contributed by atoms with Crippen molar-refractivity contribution in [2.75, 3.05) is 34.4 Å². The van der Waals surface area contributed by atoms with E-state index in [9.17, 15) is 19.7 Å². The minimum absolute atomic E-state index is 0. The second-order valence-electron chi connectivity index (χ2n) is 6.61. The highest BCUT2D eigenvalue weighted by Gasteiger charge is 2.31. The van der Waals surface area contributed by atoms with Gasteiger partial charge in [-0.1, -0.05) is 12.1 Å². The molecular weight excluding hydrogens is 538 g/mol. The van der Waals surface area contributed by atoms with Crippen molar-refractivity contribution in [3.63, 3.8) is 0 Å². The summed E-state index contributed by atoms with van der Waals surface area (Å²) in [5.41, 5.74) is 0.557. The second-order valence-corrected chi connectivity index (χ2v) is 6.61. The van der Waals surface area contributed by atoms with Crippen LogP contribution in [0.2, 0.25) is 0 Å². The van der Waals surface area contributed by atoms with Crippen LogP contribution < -0.4 is 0 Å². The summed E-state index contributed by atoms with van der Waals surface area (Å²) < 4.78 is 10.2. The standard InChI is InChI=1S/C20H23N3O6.2BrH/c1-12-16(19(24)28-5)18(14-8-6-7-9-15(14)23(26)27)17(13(2)21-12)20(25)29-11-10-22(3)4;;/h6-9H,10-11H2,1-5H3;2*1H. The number of halogens is 2. The molecule has 0 aliphatic heterocycles. The summed E-state index contributed by atoms with van der Waals surface area (Å²) >= 11 is 0. The van der Waals surface area contributed by atoms with E-state index >= 15 is 0 Å². The summed E-state index contributed by atoms with van der Waals surface area (Å²) in [7, 11) is 4.86. The molecule has 2 aromatic rings. The van der Waals surface area contributed by atoms with Crippen molar-refractivity contribution >= 4 is 51.6 Å². The van der Waals surface area contributed by atoms with Gasteiger partial charge in [0.1, 0.15) is 6.61 Å². The fraction of sp³-hybridized carbons (Fsp3) is 0.350. The Morgan fingerprint density at radius 1 is 1.06 bits per heavy atom. The molecule has 1 aromatic carbocycles. The van der Waals surface area contributed by atoms with Gasteiger partial charge in [0.25, 0.3) is 5.69 Å². The number of pyridine rings is 1. The number of aromatic nitrogens is 1. The number of carbonyl (C=O) groups excluding carboxylic acids is 2. The summed E-state index contributed by atoms with van der Waals surface area (Å²) in [4.78, 5) is 42.6. The molecule has 0 fully saturated rings. The summed E-state index contributed by atoms with van der Waals surface area (Å²) in [6.45, 7) is 3.78. The highest BCUT2D eigenvalue weighted by Crippen LogP contribution is 2.37. The van der Waals surface area contributed by atoms with Gasteiger partial charge in [0.2, 0.25) is 0 Å². The van der Waals surface area contributed by atoms with Crippen LogP contribution in [0.1, 0.15) is 32.1 Å². The Hall–Kier alpha value is -2.37. The number of nitrogens with zero attached hydrogens (tertiary/aromatic N) is 3. The van der Waals surface area contributed by atoms with E-state index in [1.807, 2.05) is 19.0 Å². The SMILES string of the molecule is Br.Br.COC(=O)c1c(C)nc(C)c(C(=O)OCCN(C)C)c1-c1ccccc1[N+](=O)[O-]. The Bertz CT molecular complexity index is 966. The molecule has 0 N–H and O–H groups in total. The molecule has 2 rings (SSSR count). The predicted octanol–water partition coefficient (Wildman–Crippen LogP) is 3.93. The van der Waals surface area contributed by atoms with Crippen molar-refractivity contribution in [1.82, 2.24) is 9.88 Å². The Kier molecular flexibility index (Phi) is 11.5. The maximum absolute atomic E-state index is 12.9. The van der Waals surface area contributed by atoms with E-state index < -0.39 is 16.9 Å². The number of ether oxygens (including phenoxy) is 2. The quantitative estimate of drug-likeness (QED) is 0.283. The summed E-state index contributed by atoms with van der Waals surface area (Å²) in [5.74, 6) is -1.46. The van der Waals surface area contributed by atoms with Crippen molar-refractivity contribution in [2.24, 2.45) is 0 Å². The zero-order valence-electron chi connectivity index (χ0n) is 17.8. The number of methoxy groups -OCH3 is 1. The van der Waals surface area contributed by atoms with Gasteiger partial charge >= 0.3 is 11.9 Å². The zero-order chi connectivity index (χ0) is 21.7. The van der Waals surface area contributed by atoms with Crippen LogP contribution in [0.3, 0.4) is 0 Å². The molecule has 0 bridgehead atoms. The molecule has 0 unspecified atom stereocenters. The fourth-order valence-corrected chi connectivity index (χ4v) is 2.96.